The molecule has 2 saturated heterocycles. The smallest absolute Gasteiger partial charge is 0.410 e. The molecule has 0 saturated carbocycles. The van der Waals surface area contributed by atoms with Gasteiger partial charge in [0.25, 0.3) is 0 Å². The van der Waals surface area contributed by atoms with Gasteiger partial charge >= 0.3 is 17.9 Å². The average molecular weight is 374 g/mol. The summed E-state index contributed by atoms with van der Waals surface area (Å²) in [5, 5.41) is 11.2. The summed E-state index contributed by atoms with van der Waals surface area (Å²) in [5.41, 5.74) is -0.196. The summed E-state index contributed by atoms with van der Waals surface area (Å²) < 4.78 is 19.2. The minimum Gasteiger partial charge on any atom is -0.441 e. The Morgan fingerprint density at radius 1 is 1.37 bits per heavy atom. The van der Waals surface area contributed by atoms with E-state index in [4.69, 9.17) is 10.00 Å². The van der Waals surface area contributed by atoms with Gasteiger partial charge in [-0.05, 0) is 18.2 Å². The monoisotopic (exact) mass is 374 g/mol. The fourth-order valence-corrected chi connectivity index (χ4v) is 3.34. The van der Waals surface area contributed by atoms with E-state index in [2.05, 4.69) is 5.32 Å². The lowest BCUT2D eigenvalue weighted by Gasteiger charge is -2.36. The fourth-order valence-electron chi connectivity index (χ4n) is 3.34. The molecule has 0 bridgehead atoms. The van der Waals surface area contributed by atoms with Crippen molar-refractivity contribution in [2.24, 2.45) is 0 Å². The summed E-state index contributed by atoms with van der Waals surface area (Å²) in [6.45, 7) is 0.873. The summed E-state index contributed by atoms with van der Waals surface area (Å²) in [6.07, 6.45) is 0.538. The molecule has 0 aliphatic carbocycles. The topological polar surface area (TPSA) is 103 Å². The quantitative estimate of drug-likeness (QED) is 0.770. The number of hydrogen-bond donors (Lipinski definition) is 1. The first-order valence-electron chi connectivity index (χ1n) is 8.53. The van der Waals surface area contributed by atoms with E-state index >= 15 is 0 Å². The molecular formula is C18H19FN4O4. The van der Waals surface area contributed by atoms with Crippen LogP contribution in [0.1, 0.15) is 24.0 Å². The van der Waals surface area contributed by atoms with Crippen LogP contribution in [-0.2, 0) is 20.9 Å². The van der Waals surface area contributed by atoms with E-state index in [1.54, 1.807) is 7.05 Å². The highest BCUT2D eigenvalue weighted by Gasteiger charge is 2.46. The van der Waals surface area contributed by atoms with Crippen LogP contribution in [0.3, 0.4) is 0 Å². The number of halogens is 1. The zero-order valence-electron chi connectivity index (χ0n) is 14.8. The number of piperidine rings is 1. The van der Waals surface area contributed by atoms with Crippen molar-refractivity contribution in [2.75, 3.05) is 26.7 Å². The Balaban J connectivity index is 1.54. The van der Waals surface area contributed by atoms with Crippen LogP contribution >= 0.6 is 0 Å². The minimum atomic E-state index is -0.840. The van der Waals surface area contributed by atoms with Crippen LogP contribution < -0.4 is 5.32 Å². The molecule has 0 radical (unpaired) electrons. The zero-order chi connectivity index (χ0) is 19.6. The van der Waals surface area contributed by atoms with Gasteiger partial charge in [-0.15, -0.1) is 0 Å². The van der Waals surface area contributed by atoms with E-state index in [9.17, 15) is 18.8 Å². The van der Waals surface area contributed by atoms with Crippen molar-refractivity contribution in [3.05, 3.63) is 35.1 Å². The Hall–Kier alpha value is -3.15. The number of benzene rings is 1. The highest BCUT2D eigenvalue weighted by atomic mass is 19.1. The molecule has 1 aromatic carbocycles. The van der Waals surface area contributed by atoms with E-state index in [1.165, 1.54) is 21.9 Å². The summed E-state index contributed by atoms with van der Waals surface area (Å²) in [5.74, 6) is -2.11. The molecule has 1 spiro atoms. The summed E-state index contributed by atoms with van der Waals surface area (Å²) in [7, 11) is 1.66. The van der Waals surface area contributed by atoms with Crippen LogP contribution in [0.25, 0.3) is 0 Å². The molecule has 1 aromatic rings. The van der Waals surface area contributed by atoms with Crippen molar-refractivity contribution in [1.82, 2.24) is 15.1 Å². The molecule has 0 unspecified atom stereocenters. The van der Waals surface area contributed by atoms with Crippen LogP contribution in [-0.4, -0.2) is 60.0 Å². The molecule has 3 rings (SSSR count). The molecule has 2 fully saturated rings. The largest absolute Gasteiger partial charge is 0.441 e. The van der Waals surface area contributed by atoms with Crippen molar-refractivity contribution in [1.29, 1.82) is 5.26 Å². The van der Waals surface area contributed by atoms with Crippen molar-refractivity contribution in [3.63, 3.8) is 0 Å². The number of ether oxygens (including phenoxy) is 1. The Kier molecular flexibility index (Phi) is 4.99. The molecular weight excluding hydrogens is 355 g/mol. The van der Waals surface area contributed by atoms with Gasteiger partial charge in [0.1, 0.15) is 11.4 Å². The minimum absolute atomic E-state index is 0.133. The number of nitrogens with zero attached hydrogens (tertiary/aromatic N) is 3. The molecule has 1 N–H and O–H groups in total. The first-order valence-corrected chi connectivity index (χ1v) is 8.53. The fraction of sp³-hybridized carbons (Fsp3) is 0.444. The van der Waals surface area contributed by atoms with Crippen LogP contribution in [0.2, 0.25) is 0 Å². The molecule has 8 nitrogen and oxygen atoms in total. The Morgan fingerprint density at radius 3 is 2.67 bits per heavy atom. The van der Waals surface area contributed by atoms with Gasteiger partial charge in [-0.1, -0.05) is 0 Å². The van der Waals surface area contributed by atoms with E-state index < -0.39 is 23.2 Å². The van der Waals surface area contributed by atoms with Crippen molar-refractivity contribution < 1.29 is 23.5 Å². The standard InChI is InChI=1S/C18H19FN4O4/c1-22-11-18(27-17(22)26)4-6-23(7-5-18)16(25)15(24)21-10-13-8-12(9-20)2-3-14(13)19/h2-3,8H,4-7,10-11H2,1H3,(H,21,24). The van der Waals surface area contributed by atoms with Crippen molar-refractivity contribution in [2.45, 2.75) is 25.0 Å². The maximum absolute atomic E-state index is 13.7. The lowest BCUT2D eigenvalue weighted by atomic mass is 9.91. The van der Waals surface area contributed by atoms with Gasteiger partial charge in [-0.25, -0.2) is 9.18 Å². The number of likely N-dealkylation sites (N-methyl/N-ethyl adjacent to an activating group) is 1. The number of likely N-dealkylation sites (tertiary alicyclic amines) is 1. The summed E-state index contributed by atoms with van der Waals surface area (Å²) >= 11 is 0. The third-order valence-electron chi connectivity index (χ3n) is 4.91. The summed E-state index contributed by atoms with van der Waals surface area (Å²) in [6, 6.07) is 5.70. The van der Waals surface area contributed by atoms with E-state index in [0.717, 1.165) is 6.07 Å². The second kappa shape index (κ2) is 7.23. The summed E-state index contributed by atoms with van der Waals surface area (Å²) in [4.78, 5) is 38.9. The van der Waals surface area contributed by atoms with Gasteiger partial charge < -0.3 is 19.9 Å². The third kappa shape index (κ3) is 3.84. The van der Waals surface area contributed by atoms with E-state index in [1.807, 2.05) is 6.07 Å². The Bertz CT molecular complexity index is 827. The number of nitriles is 1. The first-order chi connectivity index (χ1) is 12.8. The highest BCUT2D eigenvalue weighted by molar-refractivity contribution is 6.35. The van der Waals surface area contributed by atoms with Crippen LogP contribution in [0.15, 0.2) is 18.2 Å². The number of rotatable bonds is 2. The maximum atomic E-state index is 13.7. The predicted octanol–water partition coefficient (Wildman–Crippen LogP) is 0.757. The number of nitrogens with one attached hydrogen (secondary N) is 1. The zero-order valence-corrected chi connectivity index (χ0v) is 14.8. The maximum Gasteiger partial charge on any atom is 0.410 e. The molecule has 2 aliphatic rings. The normalized spacial score (nSPS) is 18.2. The SMILES string of the molecule is CN1CC2(CCN(C(=O)C(=O)NCc3cc(C#N)ccc3F)CC2)OC1=O. The van der Waals surface area contributed by atoms with Gasteiger partial charge in [-0.2, -0.15) is 5.26 Å². The van der Waals surface area contributed by atoms with Crippen LogP contribution in [0, 0.1) is 17.1 Å². The van der Waals surface area contributed by atoms with Gasteiger partial charge in [0.15, 0.2) is 0 Å². The van der Waals surface area contributed by atoms with Gasteiger partial charge in [0, 0.05) is 45.1 Å². The molecule has 27 heavy (non-hydrogen) atoms. The van der Waals surface area contributed by atoms with E-state index in [0.29, 0.717) is 32.5 Å². The Labute approximate surface area is 155 Å². The van der Waals surface area contributed by atoms with Gasteiger partial charge in [0.2, 0.25) is 0 Å². The van der Waals surface area contributed by atoms with Gasteiger partial charge in [0.05, 0.1) is 18.2 Å². The second-order valence-electron chi connectivity index (χ2n) is 6.80. The number of carbonyl (C=O) groups is 3. The molecule has 9 heteroatoms. The molecule has 0 atom stereocenters. The van der Waals surface area contributed by atoms with Gasteiger partial charge in [-0.3, -0.25) is 9.59 Å². The third-order valence-corrected chi connectivity index (χ3v) is 4.91. The first kappa shape index (κ1) is 18.6. The highest BCUT2D eigenvalue weighted by Crippen LogP contribution is 2.32. The number of hydrogen-bond acceptors (Lipinski definition) is 5. The van der Waals surface area contributed by atoms with E-state index in [-0.39, 0.29) is 23.8 Å². The van der Waals surface area contributed by atoms with Crippen LogP contribution in [0.4, 0.5) is 9.18 Å². The second-order valence-corrected chi connectivity index (χ2v) is 6.80. The molecule has 3 amide bonds. The average Bonchev–Trinajstić information content (AvgIpc) is 2.94. The molecule has 142 valence electrons. The number of carbonyl (C=O) groups excluding carboxylic acids is 3. The predicted molar refractivity (Wildman–Crippen MR) is 90.6 cm³/mol. The lowest BCUT2D eigenvalue weighted by Crippen LogP contribution is -2.52. The van der Waals surface area contributed by atoms with Crippen molar-refractivity contribution >= 4 is 17.9 Å². The molecule has 2 heterocycles. The number of amides is 3. The molecule has 2 aliphatic heterocycles. The van der Waals surface area contributed by atoms with Crippen molar-refractivity contribution in [3.8, 4) is 6.07 Å². The lowest BCUT2D eigenvalue weighted by molar-refractivity contribution is -0.148. The van der Waals surface area contributed by atoms with Crippen LogP contribution in [0.5, 0.6) is 0 Å². The Morgan fingerprint density at radius 2 is 2.07 bits per heavy atom. The molecule has 0 aromatic heterocycles.